The molecule has 0 N–H and O–H groups in total. The highest BCUT2D eigenvalue weighted by molar-refractivity contribution is 5.84. The van der Waals surface area contributed by atoms with Gasteiger partial charge in [0.2, 0.25) is 0 Å². The minimum absolute atomic E-state index is 0.550. The van der Waals surface area contributed by atoms with Crippen LogP contribution in [0.2, 0.25) is 0 Å². The Bertz CT molecular complexity index is 468. The highest BCUT2D eigenvalue weighted by atomic mass is 14.7. The Morgan fingerprint density at radius 2 is 1.94 bits per heavy atom. The summed E-state index contributed by atoms with van der Waals surface area (Å²) in [5.74, 6) is 0.550. The number of benzene rings is 1. The molecule has 0 saturated heterocycles. The van der Waals surface area contributed by atoms with Gasteiger partial charge in [-0.25, -0.2) is 0 Å². The van der Waals surface area contributed by atoms with Crippen LogP contribution in [0.3, 0.4) is 0 Å². The van der Waals surface area contributed by atoms with Gasteiger partial charge in [0.25, 0.3) is 0 Å². The van der Waals surface area contributed by atoms with Crippen molar-refractivity contribution in [3.63, 3.8) is 0 Å². The first-order chi connectivity index (χ1) is 7.86. The molecule has 1 atom stereocenters. The van der Waals surface area contributed by atoms with E-state index < -0.39 is 0 Å². The van der Waals surface area contributed by atoms with Gasteiger partial charge in [-0.3, -0.25) is 4.99 Å². The lowest BCUT2D eigenvalue weighted by Gasteiger charge is -2.22. The Labute approximate surface area is 96.9 Å². The maximum absolute atomic E-state index is 4.69. The van der Waals surface area contributed by atoms with E-state index in [0.29, 0.717) is 5.92 Å². The van der Waals surface area contributed by atoms with Crippen LogP contribution in [0.15, 0.2) is 40.5 Å². The molecule has 0 amide bonds. The van der Waals surface area contributed by atoms with Crippen molar-refractivity contribution in [1.29, 1.82) is 0 Å². The zero-order valence-electron chi connectivity index (χ0n) is 9.74. The summed E-state index contributed by atoms with van der Waals surface area (Å²) >= 11 is 0. The first kappa shape index (κ1) is 9.83. The van der Waals surface area contributed by atoms with Crippen molar-refractivity contribution in [2.75, 3.05) is 0 Å². The predicted molar refractivity (Wildman–Crippen MR) is 67.9 cm³/mol. The number of nitrogens with zero attached hydrogens (tertiary/aromatic N) is 1. The Balaban J connectivity index is 2.13. The van der Waals surface area contributed by atoms with Gasteiger partial charge in [-0.05, 0) is 42.4 Å². The summed E-state index contributed by atoms with van der Waals surface area (Å²) in [7, 11) is 0. The van der Waals surface area contributed by atoms with Crippen LogP contribution in [-0.2, 0) is 0 Å². The Morgan fingerprint density at radius 1 is 1.12 bits per heavy atom. The number of fused-ring (bicyclic) bond motifs is 1. The standard InChI is InChI=1S/C15H17N/c1-11-13-7-3-2-6-12(13)10-16-15-9-5-4-8-14(11)15/h2-3,6-7,10-11H,4-5,8-9H2,1H3. The molecule has 1 aliphatic carbocycles. The van der Waals surface area contributed by atoms with Crippen molar-refractivity contribution in [3.8, 4) is 0 Å². The summed E-state index contributed by atoms with van der Waals surface area (Å²) in [4.78, 5) is 4.69. The Morgan fingerprint density at radius 3 is 2.88 bits per heavy atom. The van der Waals surface area contributed by atoms with Gasteiger partial charge in [0.1, 0.15) is 0 Å². The van der Waals surface area contributed by atoms with Gasteiger partial charge in [-0.15, -0.1) is 0 Å². The molecule has 0 bridgehead atoms. The maximum atomic E-state index is 4.69. The molecule has 0 saturated carbocycles. The topological polar surface area (TPSA) is 12.4 Å². The smallest absolute Gasteiger partial charge is 0.0401 e. The molecule has 1 aromatic carbocycles. The Kier molecular flexibility index (Phi) is 2.39. The van der Waals surface area contributed by atoms with Gasteiger partial charge >= 0.3 is 0 Å². The molecule has 2 aliphatic rings. The van der Waals surface area contributed by atoms with Crippen molar-refractivity contribution in [2.45, 2.75) is 38.5 Å². The van der Waals surface area contributed by atoms with Crippen molar-refractivity contribution in [1.82, 2.24) is 0 Å². The van der Waals surface area contributed by atoms with Crippen LogP contribution in [0, 0.1) is 0 Å². The van der Waals surface area contributed by atoms with Gasteiger partial charge in [0.15, 0.2) is 0 Å². The van der Waals surface area contributed by atoms with E-state index in [2.05, 4.69) is 37.4 Å². The fraction of sp³-hybridized carbons (Fsp3) is 0.400. The maximum Gasteiger partial charge on any atom is 0.0401 e. The van der Waals surface area contributed by atoms with Crippen molar-refractivity contribution in [2.24, 2.45) is 4.99 Å². The van der Waals surface area contributed by atoms with Gasteiger partial charge < -0.3 is 0 Å². The molecule has 0 aromatic heterocycles. The second kappa shape index (κ2) is 3.89. The van der Waals surface area contributed by atoms with E-state index in [4.69, 9.17) is 4.99 Å². The number of hydrogen-bond acceptors (Lipinski definition) is 1. The summed E-state index contributed by atoms with van der Waals surface area (Å²) < 4.78 is 0. The molecule has 3 rings (SSSR count). The molecule has 1 aromatic rings. The van der Waals surface area contributed by atoms with E-state index >= 15 is 0 Å². The molecule has 0 fully saturated rings. The molecule has 0 spiro atoms. The average molecular weight is 211 g/mol. The van der Waals surface area contributed by atoms with E-state index in [9.17, 15) is 0 Å². The number of aliphatic imine (C=N–C) groups is 1. The summed E-state index contributed by atoms with van der Waals surface area (Å²) in [6.07, 6.45) is 7.10. The fourth-order valence-corrected chi connectivity index (χ4v) is 2.88. The third kappa shape index (κ3) is 1.51. The third-order valence-corrected chi connectivity index (χ3v) is 3.83. The minimum atomic E-state index is 0.550. The van der Waals surface area contributed by atoms with Crippen molar-refractivity contribution < 1.29 is 0 Å². The van der Waals surface area contributed by atoms with E-state index in [1.54, 1.807) is 5.57 Å². The van der Waals surface area contributed by atoms with Crippen LogP contribution in [-0.4, -0.2) is 6.21 Å². The number of rotatable bonds is 0. The normalized spacial score (nSPS) is 23.7. The molecule has 1 unspecified atom stereocenters. The quantitative estimate of drug-likeness (QED) is 0.614. The lowest BCUT2D eigenvalue weighted by atomic mass is 9.83. The minimum Gasteiger partial charge on any atom is -0.261 e. The molecule has 0 radical (unpaired) electrons. The van der Waals surface area contributed by atoms with Crippen LogP contribution in [0.5, 0.6) is 0 Å². The van der Waals surface area contributed by atoms with Crippen LogP contribution >= 0.6 is 0 Å². The second-order valence-electron chi connectivity index (χ2n) is 4.79. The summed E-state index contributed by atoms with van der Waals surface area (Å²) in [5, 5.41) is 0. The van der Waals surface area contributed by atoms with Crippen molar-refractivity contribution in [3.05, 3.63) is 46.7 Å². The van der Waals surface area contributed by atoms with Crippen LogP contribution in [0.1, 0.15) is 49.7 Å². The molecule has 82 valence electrons. The number of hydrogen-bond donors (Lipinski definition) is 0. The average Bonchev–Trinajstić information content (AvgIpc) is 2.49. The predicted octanol–water partition coefficient (Wildman–Crippen LogP) is 4.05. The highest BCUT2D eigenvalue weighted by Crippen LogP contribution is 2.38. The van der Waals surface area contributed by atoms with E-state index in [1.807, 2.05) is 0 Å². The molecular formula is C15H17N. The molecule has 1 aliphatic heterocycles. The summed E-state index contributed by atoms with van der Waals surface area (Å²) in [6, 6.07) is 8.66. The fourth-order valence-electron chi connectivity index (χ4n) is 2.88. The van der Waals surface area contributed by atoms with Gasteiger partial charge in [-0.1, -0.05) is 31.2 Å². The largest absolute Gasteiger partial charge is 0.261 e. The van der Waals surface area contributed by atoms with Gasteiger partial charge in [0, 0.05) is 17.8 Å². The third-order valence-electron chi connectivity index (χ3n) is 3.83. The zero-order valence-corrected chi connectivity index (χ0v) is 9.74. The van der Waals surface area contributed by atoms with Crippen LogP contribution in [0.25, 0.3) is 0 Å². The van der Waals surface area contributed by atoms with Crippen molar-refractivity contribution >= 4 is 6.21 Å². The van der Waals surface area contributed by atoms with Crippen LogP contribution < -0.4 is 0 Å². The summed E-state index contributed by atoms with van der Waals surface area (Å²) in [6.45, 7) is 2.33. The van der Waals surface area contributed by atoms with Gasteiger partial charge in [-0.2, -0.15) is 0 Å². The highest BCUT2D eigenvalue weighted by Gasteiger charge is 2.22. The molecule has 1 heteroatoms. The lowest BCUT2D eigenvalue weighted by molar-refractivity contribution is 0.630. The summed E-state index contributed by atoms with van der Waals surface area (Å²) in [5.41, 5.74) is 5.67. The molecule has 16 heavy (non-hydrogen) atoms. The van der Waals surface area contributed by atoms with E-state index in [-0.39, 0.29) is 0 Å². The van der Waals surface area contributed by atoms with Crippen LogP contribution in [0.4, 0.5) is 0 Å². The molecular weight excluding hydrogens is 194 g/mol. The van der Waals surface area contributed by atoms with E-state index in [1.165, 1.54) is 42.5 Å². The zero-order chi connectivity index (χ0) is 11.0. The van der Waals surface area contributed by atoms with Gasteiger partial charge in [0.05, 0.1) is 0 Å². The monoisotopic (exact) mass is 211 g/mol. The molecule has 1 nitrogen and oxygen atoms in total. The SMILES string of the molecule is CC1C2=C(CCCC2)N=Cc2ccccc21. The van der Waals surface area contributed by atoms with E-state index in [0.717, 1.165) is 0 Å². The number of allylic oxidation sites excluding steroid dienone is 2. The first-order valence-electron chi connectivity index (χ1n) is 6.21. The first-order valence-corrected chi connectivity index (χ1v) is 6.21. The second-order valence-corrected chi connectivity index (χ2v) is 4.79. The Hall–Kier alpha value is -1.37. The molecule has 1 heterocycles. The lowest BCUT2D eigenvalue weighted by Crippen LogP contribution is -2.05.